The van der Waals surface area contributed by atoms with Crippen LogP contribution in [0.4, 0.5) is 0 Å². The van der Waals surface area contributed by atoms with E-state index < -0.39 is 10.0 Å². The second kappa shape index (κ2) is 5.96. The minimum absolute atomic E-state index is 0.138. The molecule has 1 heterocycles. The maximum absolute atomic E-state index is 12.1. The SMILES string of the molecule is CC1CN(C(C)c2ccc(C#CCN)cc2)S(=O)(=O)C1. The Kier molecular flexibility index (Phi) is 4.48. The van der Waals surface area contributed by atoms with Gasteiger partial charge in [-0.3, -0.25) is 0 Å². The van der Waals surface area contributed by atoms with Gasteiger partial charge in [-0.1, -0.05) is 30.9 Å². The lowest BCUT2D eigenvalue weighted by Gasteiger charge is -2.23. The van der Waals surface area contributed by atoms with E-state index >= 15 is 0 Å². The number of benzene rings is 1. The number of sulfonamides is 1. The van der Waals surface area contributed by atoms with Gasteiger partial charge in [0.05, 0.1) is 12.3 Å². The number of rotatable bonds is 2. The fraction of sp³-hybridized carbons (Fsp3) is 0.467. The molecule has 0 spiro atoms. The minimum atomic E-state index is -3.12. The van der Waals surface area contributed by atoms with Gasteiger partial charge in [-0.15, -0.1) is 0 Å². The van der Waals surface area contributed by atoms with E-state index in [9.17, 15) is 8.42 Å². The third-order valence-electron chi connectivity index (χ3n) is 3.50. The van der Waals surface area contributed by atoms with Gasteiger partial charge in [0.2, 0.25) is 10.0 Å². The van der Waals surface area contributed by atoms with E-state index in [0.29, 0.717) is 13.1 Å². The van der Waals surface area contributed by atoms with Crippen molar-refractivity contribution in [1.29, 1.82) is 0 Å². The number of hydrogen-bond acceptors (Lipinski definition) is 3. The molecule has 2 unspecified atom stereocenters. The first-order chi connectivity index (χ1) is 9.44. The summed E-state index contributed by atoms with van der Waals surface area (Å²) in [6.07, 6.45) is 0. The van der Waals surface area contributed by atoms with Gasteiger partial charge in [0.25, 0.3) is 0 Å². The molecule has 0 aromatic heterocycles. The fourth-order valence-electron chi connectivity index (χ4n) is 2.49. The van der Waals surface area contributed by atoms with Crippen molar-refractivity contribution in [2.24, 2.45) is 11.7 Å². The van der Waals surface area contributed by atoms with Gasteiger partial charge >= 0.3 is 0 Å². The van der Waals surface area contributed by atoms with E-state index in [2.05, 4.69) is 11.8 Å². The predicted octanol–water partition coefficient (Wildman–Crippen LogP) is 1.34. The molecule has 0 aliphatic carbocycles. The first-order valence-corrected chi connectivity index (χ1v) is 8.33. The second-order valence-electron chi connectivity index (χ2n) is 5.26. The van der Waals surface area contributed by atoms with Gasteiger partial charge in [0.15, 0.2) is 0 Å². The van der Waals surface area contributed by atoms with Crippen LogP contribution in [0.5, 0.6) is 0 Å². The molecule has 1 aliphatic rings. The van der Waals surface area contributed by atoms with Gasteiger partial charge in [-0.25, -0.2) is 8.42 Å². The molecule has 5 heteroatoms. The smallest absolute Gasteiger partial charge is 0.214 e. The molecule has 1 saturated heterocycles. The van der Waals surface area contributed by atoms with Crippen molar-refractivity contribution in [1.82, 2.24) is 4.31 Å². The maximum Gasteiger partial charge on any atom is 0.214 e. The molecule has 2 N–H and O–H groups in total. The molecule has 4 nitrogen and oxygen atoms in total. The van der Waals surface area contributed by atoms with Crippen molar-refractivity contribution in [2.45, 2.75) is 19.9 Å². The van der Waals surface area contributed by atoms with E-state index in [1.54, 1.807) is 4.31 Å². The molecule has 0 bridgehead atoms. The summed E-state index contributed by atoms with van der Waals surface area (Å²) in [4.78, 5) is 0. The Bertz CT molecular complexity index is 626. The van der Waals surface area contributed by atoms with Gasteiger partial charge in [0.1, 0.15) is 0 Å². The third kappa shape index (κ3) is 3.21. The van der Waals surface area contributed by atoms with Crippen molar-refractivity contribution in [3.05, 3.63) is 35.4 Å². The van der Waals surface area contributed by atoms with Crippen LogP contribution in [-0.4, -0.2) is 31.6 Å². The summed E-state index contributed by atoms with van der Waals surface area (Å²) in [6.45, 7) is 4.83. The molecule has 2 rings (SSSR count). The summed E-state index contributed by atoms with van der Waals surface area (Å²) in [5, 5.41) is 0. The van der Waals surface area contributed by atoms with E-state index in [0.717, 1.165) is 11.1 Å². The normalized spacial score (nSPS) is 23.1. The molecule has 2 atom stereocenters. The molecule has 0 amide bonds. The molecule has 1 aromatic carbocycles. The molecule has 0 saturated carbocycles. The Hall–Kier alpha value is -1.35. The molecule has 0 radical (unpaired) electrons. The first-order valence-electron chi connectivity index (χ1n) is 6.72. The van der Waals surface area contributed by atoms with Gasteiger partial charge in [-0.05, 0) is 30.5 Å². The lowest BCUT2D eigenvalue weighted by molar-refractivity contribution is 0.345. The predicted molar refractivity (Wildman–Crippen MR) is 80.4 cm³/mol. The van der Waals surface area contributed by atoms with Crippen LogP contribution in [-0.2, 0) is 10.0 Å². The maximum atomic E-state index is 12.1. The molecule has 1 aromatic rings. The zero-order valence-electron chi connectivity index (χ0n) is 11.8. The molecule has 20 heavy (non-hydrogen) atoms. The highest BCUT2D eigenvalue weighted by molar-refractivity contribution is 7.89. The first kappa shape index (κ1) is 15.0. The Morgan fingerprint density at radius 3 is 2.55 bits per heavy atom. The summed E-state index contributed by atoms with van der Waals surface area (Å²) in [6, 6.07) is 7.54. The van der Waals surface area contributed by atoms with Crippen molar-refractivity contribution in [3.63, 3.8) is 0 Å². The van der Waals surface area contributed by atoms with E-state index in [-0.39, 0.29) is 17.7 Å². The fourth-order valence-corrected chi connectivity index (χ4v) is 4.59. The topological polar surface area (TPSA) is 63.4 Å². The van der Waals surface area contributed by atoms with Crippen LogP contribution < -0.4 is 5.73 Å². The van der Waals surface area contributed by atoms with Crippen molar-refractivity contribution in [3.8, 4) is 11.8 Å². The average Bonchev–Trinajstić information content (AvgIpc) is 2.69. The molecular weight excluding hydrogens is 272 g/mol. The third-order valence-corrected chi connectivity index (χ3v) is 5.67. The Morgan fingerprint density at radius 1 is 1.40 bits per heavy atom. The van der Waals surface area contributed by atoms with Crippen molar-refractivity contribution < 1.29 is 8.42 Å². The Morgan fingerprint density at radius 2 is 2.05 bits per heavy atom. The monoisotopic (exact) mass is 292 g/mol. The summed E-state index contributed by atoms with van der Waals surface area (Å²) in [7, 11) is -3.12. The van der Waals surface area contributed by atoms with Gasteiger partial charge in [-0.2, -0.15) is 4.31 Å². The van der Waals surface area contributed by atoms with Gasteiger partial charge < -0.3 is 5.73 Å². The van der Waals surface area contributed by atoms with Crippen LogP contribution in [0.3, 0.4) is 0 Å². The summed E-state index contributed by atoms with van der Waals surface area (Å²) >= 11 is 0. The molecular formula is C15H20N2O2S. The molecule has 1 fully saturated rings. The minimum Gasteiger partial charge on any atom is -0.320 e. The highest BCUT2D eigenvalue weighted by Crippen LogP contribution is 2.30. The van der Waals surface area contributed by atoms with E-state index in [1.807, 2.05) is 38.1 Å². The number of hydrogen-bond donors (Lipinski definition) is 1. The Labute approximate surface area is 121 Å². The van der Waals surface area contributed by atoms with Crippen LogP contribution in [0.15, 0.2) is 24.3 Å². The highest BCUT2D eigenvalue weighted by atomic mass is 32.2. The largest absolute Gasteiger partial charge is 0.320 e. The average molecular weight is 292 g/mol. The number of nitrogens with two attached hydrogens (primary N) is 1. The standard InChI is InChI=1S/C15H20N2O2S/c1-12-10-17(20(18,19)11-12)13(2)15-7-5-14(6-8-15)4-3-9-16/h5-8,12-13H,9-11,16H2,1-2H3. The molecule has 108 valence electrons. The van der Waals surface area contributed by atoms with Crippen LogP contribution in [0.1, 0.15) is 31.0 Å². The lowest BCUT2D eigenvalue weighted by atomic mass is 10.1. The zero-order chi connectivity index (χ0) is 14.8. The second-order valence-corrected chi connectivity index (χ2v) is 7.22. The van der Waals surface area contributed by atoms with Crippen molar-refractivity contribution in [2.75, 3.05) is 18.8 Å². The molecule has 1 aliphatic heterocycles. The lowest BCUT2D eigenvalue weighted by Crippen LogP contribution is -2.29. The summed E-state index contributed by atoms with van der Waals surface area (Å²) in [5.41, 5.74) is 7.21. The Balaban J connectivity index is 2.19. The summed E-state index contributed by atoms with van der Waals surface area (Å²) in [5.74, 6) is 6.19. The summed E-state index contributed by atoms with van der Waals surface area (Å²) < 4.78 is 25.8. The van der Waals surface area contributed by atoms with Crippen LogP contribution >= 0.6 is 0 Å². The van der Waals surface area contributed by atoms with Crippen LogP contribution in [0.2, 0.25) is 0 Å². The van der Waals surface area contributed by atoms with E-state index in [4.69, 9.17) is 5.73 Å². The van der Waals surface area contributed by atoms with E-state index in [1.165, 1.54) is 0 Å². The van der Waals surface area contributed by atoms with Crippen molar-refractivity contribution >= 4 is 10.0 Å². The van der Waals surface area contributed by atoms with Gasteiger partial charge in [0, 0.05) is 18.2 Å². The highest BCUT2D eigenvalue weighted by Gasteiger charge is 2.37. The quantitative estimate of drug-likeness (QED) is 0.837. The number of nitrogens with zero attached hydrogens (tertiary/aromatic N) is 1. The van der Waals surface area contributed by atoms with Crippen LogP contribution in [0.25, 0.3) is 0 Å². The zero-order valence-corrected chi connectivity index (χ0v) is 12.7. The van der Waals surface area contributed by atoms with Crippen LogP contribution in [0, 0.1) is 17.8 Å².